The van der Waals surface area contributed by atoms with Gasteiger partial charge in [0.15, 0.2) is 0 Å². The molecule has 0 saturated carbocycles. The zero-order valence-electron chi connectivity index (χ0n) is 14.5. The summed E-state index contributed by atoms with van der Waals surface area (Å²) in [5.74, 6) is -1.86. The highest BCUT2D eigenvalue weighted by Crippen LogP contribution is 2.01. The van der Waals surface area contributed by atoms with Crippen molar-refractivity contribution in [1.82, 2.24) is 0 Å². The standard InChI is InChI=1S/C20H24O4/c1-15(11-7-13-17(3)19(21)22)9-5-6-10-16(2)12-8-14-18(4)20(23)24/h5-14H,1-4H3,(H,21,22)(H,23,24)/b6-5+,11-7?,12-8?,15-9-,16-10-,17-13?,18-14?. The fourth-order valence-electron chi connectivity index (χ4n) is 1.36. The van der Waals surface area contributed by atoms with Crippen molar-refractivity contribution in [2.45, 2.75) is 27.7 Å². The molecule has 0 rings (SSSR count). The summed E-state index contributed by atoms with van der Waals surface area (Å²) in [6.45, 7) is 6.92. The van der Waals surface area contributed by atoms with E-state index in [4.69, 9.17) is 10.2 Å². The summed E-state index contributed by atoms with van der Waals surface area (Å²) in [5, 5.41) is 17.4. The third-order valence-corrected chi connectivity index (χ3v) is 2.91. The van der Waals surface area contributed by atoms with Crippen LogP contribution in [0.3, 0.4) is 0 Å². The summed E-state index contributed by atoms with van der Waals surface area (Å²) in [5.41, 5.74) is 2.55. The van der Waals surface area contributed by atoms with Gasteiger partial charge in [-0.3, -0.25) is 0 Å². The van der Waals surface area contributed by atoms with Gasteiger partial charge in [0.1, 0.15) is 0 Å². The third-order valence-electron chi connectivity index (χ3n) is 2.91. The fourth-order valence-corrected chi connectivity index (χ4v) is 1.36. The van der Waals surface area contributed by atoms with Crippen molar-refractivity contribution in [2.75, 3.05) is 0 Å². The summed E-state index contributed by atoms with van der Waals surface area (Å²) in [7, 11) is 0. The Kier molecular flexibility index (Phi) is 10.3. The summed E-state index contributed by atoms with van der Waals surface area (Å²) < 4.78 is 0. The SMILES string of the molecule is CC(=CC=C\C(C)=C/C=C/C=C(/C)C=CC=C(C)C(=O)O)C(=O)O. The van der Waals surface area contributed by atoms with Crippen molar-refractivity contribution in [3.63, 3.8) is 0 Å². The van der Waals surface area contributed by atoms with E-state index in [0.29, 0.717) is 0 Å². The van der Waals surface area contributed by atoms with Crippen LogP contribution in [0, 0.1) is 0 Å². The van der Waals surface area contributed by atoms with E-state index in [1.54, 1.807) is 38.2 Å². The second-order valence-corrected chi connectivity index (χ2v) is 5.23. The minimum Gasteiger partial charge on any atom is -0.478 e. The van der Waals surface area contributed by atoms with Crippen LogP contribution in [0.2, 0.25) is 0 Å². The van der Waals surface area contributed by atoms with Crippen molar-refractivity contribution < 1.29 is 19.8 Å². The molecule has 4 heteroatoms. The highest BCUT2D eigenvalue weighted by Gasteiger charge is 1.96. The molecule has 128 valence electrons. The fraction of sp³-hybridized carbons (Fsp3) is 0.200. The molecule has 0 amide bonds. The van der Waals surface area contributed by atoms with Gasteiger partial charge in [-0.2, -0.15) is 0 Å². The van der Waals surface area contributed by atoms with Crippen molar-refractivity contribution in [1.29, 1.82) is 0 Å². The van der Waals surface area contributed by atoms with E-state index in [1.165, 1.54) is 0 Å². The van der Waals surface area contributed by atoms with Crippen LogP contribution < -0.4 is 0 Å². The van der Waals surface area contributed by atoms with Gasteiger partial charge in [-0.25, -0.2) is 9.59 Å². The Balaban J connectivity index is 4.63. The lowest BCUT2D eigenvalue weighted by molar-refractivity contribution is -0.133. The molecule has 2 N–H and O–H groups in total. The number of aliphatic carboxylic acids is 2. The average molecular weight is 328 g/mol. The minimum absolute atomic E-state index is 0.284. The molecule has 0 atom stereocenters. The Morgan fingerprint density at radius 2 is 0.917 bits per heavy atom. The summed E-state index contributed by atoms with van der Waals surface area (Å²) in [6.07, 6.45) is 17.7. The van der Waals surface area contributed by atoms with E-state index < -0.39 is 11.9 Å². The second kappa shape index (κ2) is 11.7. The molecule has 0 fully saturated rings. The minimum atomic E-state index is -0.928. The lowest BCUT2D eigenvalue weighted by atomic mass is 10.2. The highest BCUT2D eigenvalue weighted by atomic mass is 16.4. The Hall–Kier alpha value is -2.88. The van der Waals surface area contributed by atoms with Crippen molar-refractivity contribution >= 4 is 11.9 Å². The third kappa shape index (κ3) is 10.8. The molecular formula is C20H24O4. The Morgan fingerprint density at radius 3 is 1.21 bits per heavy atom. The second-order valence-electron chi connectivity index (χ2n) is 5.23. The Morgan fingerprint density at radius 1 is 0.583 bits per heavy atom. The van der Waals surface area contributed by atoms with Crippen LogP contribution in [-0.4, -0.2) is 22.2 Å². The molecule has 0 bridgehead atoms. The first-order valence-electron chi connectivity index (χ1n) is 7.42. The van der Waals surface area contributed by atoms with E-state index in [0.717, 1.165) is 11.1 Å². The van der Waals surface area contributed by atoms with Crippen LogP contribution >= 0.6 is 0 Å². The first kappa shape index (κ1) is 21.1. The molecule has 0 unspecified atom stereocenters. The van der Waals surface area contributed by atoms with Gasteiger partial charge in [0, 0.05) is 11.1 Å². The number of hydrogen-bond donors (Lipinski definition) is 2. The molecule has 0 aliphatic carbocycles. The van der Waals surface area contributed by atoms with Gasteiger partial charge in [0.05, 0.1) is 0 Å². The topological polar surface area (TPSA) is 74.6 Å². The molecule has 0 aliphatic heterocycles. The molecule has 0 heterocycles. The molecule has 0 aromatic carbocycles. The molecule has 0 aromatic rings. The van der Waals surface area contributed by atoms with Crippen LogP contribution in [0.15, 0.2) is 83.1 Å². The number of rotatable bonds is 8. The van der Waals surface area contributed by atoms with Crippen LogP contribution in [0.25, 0.3) is 0 Å². The average Bonchev–Trinajstić information content (AvgIpc) is 2.51. The monoisotopic (exact) mass is 328 g/mol. The van der Waals surface area contributed by atoms with Crippen LogP contribution in [0.4, 0.5) is 0 Å². The lowest BCUT2D eigenvalue weighted by Gasteiger charge is -1.90. The van der Waals surface area contributed by atoms with Gasteiger partial charge in [0.25, 0.3) is 0 Å². The number of hydrogen-bond acceptors (Lipinski definition) is 2. The molecule has 0 aliphatic rings. The quantitative estimate of drug-likeness (QED) is 0.504. The molecule has 4 nitrogen and oxygen atoms in total. The maximum absolute atomic E-state index is 10.6. The highest BCUT2D eigenvalue weighted by molar-refractivity contribution is 5.86. The largest absolute Gasteiger partial charge is 0.478 e. The van der Waals surface area contributed by atoms with E-state index in [2.05, 4.69) is 0 Å². The Labute approximate surface area is 143 Å². The number of carboxylic acids is 2. The van der Waals surface area contributed by atoms with E-state index >= 15 is 0 Å². The lowest BCUT2D eigenvalue weighted by Crippen LogP contribution is -1.94. The molecular weight excluding hydrogens is 304 g/mol. The Bertz CT molecular complexity index is 608. The molecule has 0 aromatic heterocycles. The van der Waals surface area contributed by atoms with Crippen LogP contribution in [0.1, 0.15) is 27.7 Å². The van der Waals surface area contributed by atoms with E-state index in [-0.39, 0.29) is 11.1 Å². The van der Waals surface area contributed by atoms with E-state index in [9.17, 15) is 9.59 Å². The number of carboxylic acid groups (broad SMARTS) is 2. The van der Waals surface area contributed by atoms with Gasteiger partial charge in [-0.15, -0.1) is 0 Å². The van der Waals surface area contributed by atoms with E-state index in [1.807, 2.05) is 50.3 Å². The van der Waals surface area contributed by atoms with Gasteiger partial charge in [-0.05, 0) is 27.7 Å². The normalized spacial score (nSPS) is 15.0. The smallest absolute Gasteiger partial charge is 0.331 e. The maximum atomic E-state index is 10.6. The zero-order valence-corrected chi connectivity index (χ0v) is 14.5. The number of carbonyl (C=O) groups is 2. The van der Waals surface area contributed by atoms with Gasteiger partial charge >= 0.3 is 11.9 Å². The van der Waals surface area contributed by atoms with Crippen molar-refractivity contribution in [3.05, 3.63) is 83.1 Å². The zero-order chi connectivity index (χ0) is 18.5. The number of allylic oxidation sites excluding steroid dienone is 12. The maximum Gasteiger partial charge on any atom is 0.331 e. The molecule has 0 radical (unpaired) electrons. The first-order valence-corrected chi connectivity index (χ1v) is 7.42. The summed E-state index contributed by atoms with van der Waals surface area (Å²) in [4.78, 5) is 21.2. The van der Waals surface area contributed by atoms with Gasteiger partial charge < -0.3 is 10.2 Å². The molecule has 0 spiro atoms. The van der Waals surface area contributed by atoms with Gasteiger partial charge in [0.2, 0.25) is 0 Å². The van der Waals surface area contributed by atoms with Crippen LogP contribution in [-0.2, 0) is 9.59 Å². The predicted octanol–water partition coefficient (Wildman–Crippen LogP) is 4.61. The van der Waals surface area contributed by atoms with Crippen LogP contribution in [0.5, 0.6) is 0 Å². The molecule has 24 heavy (non-hydrogen) atoms. The summed E-state index contributed by atoms with van der Waals surface area (Å²) >= 11 is 0. The summed E-state index contributed by atoms with van der Waals surface area (Å²) in [6, 6.07) is 0. The van der Waals surface area contributed by atoms with Crippen molar-refractivity contribution in [2.24, 2.45) is 0 Å². The predicted molar refractivity (Wildman–Crippen MR) is 97.7 cm³/mol. The van der Waals surface area contributed by atoms with Gasteiger partial charge in [-0.1, -0.05) is 71.9 Å². The first-order chi connectivity index (χ1) is 11.2. The molecule has 0 saturated heterocycles. The van der Waals surface area contributed by atoms with Crippen molar-refractivity contribution in [3.8, 4) is 0 Å².